The van der Waals surface area contributed by atoms with Crippen LogP contribution in [-0.2, 0) is 0 Å². The Bertz CT molecular complexity index is 455. The van der Waals surface area contributed by atoms with Crippen molar-refractivity contribution >= 4 is 34.9 Å². The molecule has 0 bridgehead atoms. The maximum Gasteiger partial charge on any atom is 0.187 e. The highest BCUT2D eigenvalue weighted by Crippen LogP contribution is 2.23. The molecule has 1 aliphatic rings. The number of thiazole rings is 1. The van der Waals surface area contributed by atoms with Crippen LogP contribution in [0.15, 0.2) is 10.5 Å². The second-order valence-electron chi connectivity index (χ2n) is 5.00. The molecule has 1 fully saturated rings. The molecule has 1 aromatic heterocycles. The van der Waals surface area contributed by atoms with Crippen molar-refractivity contribution in [1.29, 1.82) is 0 Å². The molecule has 0 aliphatic heterocycles. The summed E-state index contributed by atoms with van der Waals surface area (Å²) in [6.07, 6.45) is 6.79. The van der Waals surface area contributed by atoms with E-state index in [1.165, 1.54) is 25.7 Å². The fourth-order valence-corrected chi connectivity index (χ4v) is 3.09. The van der Waals surface area contributed by atoms with Crippen molar-refractivity contribution in [2.24, 2.45) is 11.0 Å². The van der Waals surface area contributed by atoms with Crippen LogP contribution in [0.3, 0.4) is 0 Å². The van der Waals surface area contributed by atoms with E-state index in [1.54, 1.807) is 17.6 Å². The molecule has 0 saturated heterocycles. The van der Waals surface area contributed by atoms with E-state index in [0.717, 1.165) is 10.7 Å². The number of nitrogens with zero attached hydrogens (tertiary/aromatic N) is 2. The molecule has 6 heteroatoms. The summed E-state index contributed by atoms with van der Waals surface area (Å²) in [5.74, 6) is 0.679. The Kier molecular flexibility index (Phi) is 5.27. The third kappa shape index (κ3) is 4.54. The third-order valence-corrected chi connectivity index (χ3v) is 4.43. The summed E-state index contributed by atoms with van der Waals surface area (Å²) in [5.41, 5.74) is 3.73. The summed E-state index contributed by atoms with van der Waals surface area (Å²) in [5, 5.41) is 11.1. The molecule has 1 aliphatic carbocycles. The minimum Gasteiger partial charge on any atom is -0.358 e. The van der Waals surface area contributed by atoms with E-state index >= 15 is 0 Å². The molecule has 19 heavy (non-hydrogen) atoms. The van der Waals surface area contributed by atoms with Crippen molar-refractivity contribution in [2.45, 2.75) is 45.6 Å². The Morgan fingerprint density at radius 1 is 1.53 bits per heavy atom. The maximum absolute atomic E-state index is 5.25. The van der Waals surface area contributed by atoms with Gasteiger partial charge in [0.05, 0.1) is 16.9 Å². The molecule has 2 rings (SSSR count). The normalized spacial score (nSPS) is 23.5. The van der Waals surface area contributed by atoms with Gasteiger partial charge in [-0.2, -0.15) is 5.10 Å². The van der Waals surface area contributed by atoms with E-state index in [0.29, 0.717) is 17.1 Å². The molecule has 2 N–H and O–H groups in total. The zero-order valence-electron chi connectivity index (χ0n) is 11.3. The molecule has 1 heterocycles. The number of hydrogen-bond donors (Lipinski definition) is 2. The highest BCUT2D eigenvalue weighted by molar-refractivity contribution is 7.80. The van der Waals surface area contributed by atoms with Crippen molar-refractivity contribution in [3.63, 3.8) is 0 Å². The number of nitrogens with one attached hydrogen (secondary N) is 2. The minimum atomic E-state index is 0.477. The van der Waals surface area contributed by atoms with Gasteiger partial charge in [0.15, 0.2) is 5.11 Å². The zero-order valence-corrected chi connectivity index (χ0v) is 13.0. The van der Waals surface area contributed by atoms with Gasteiger partial charge in [0.1, 0.15) is 0 Å². The van der Waals surface area contributed by atoms with Crippen molar-refractivity contribution in [3.05, 3.63) is 16.1 Å². The number of rotatable bonds is 3. The molecular formula is C13H20N4S2. The van der Waals surface area contributed by atoms with Crippen LogP contribution in [0.1, 0.15) is 43.3 Å². The maximum atomic E-state index is 5.25. The lowest BCUT2D eigenvalue weighted by molar-refractivity contribution is 0.308. The Hall–Kier alpha value is -1.01. The third-order valence-electron chi connectivity index (χ3n) is 3.43. The van der Waals surface area contributed by atoms with E-state index in [1.807, 2.05) is 12.3 Å². The number of aryl methyl sites for hydroxylation is 1. The fourth-order valence-electron chi connectivity index (χ4n) is 2.33. The molecular weight excluding hydrogens is 276 g/mol. The van der Waals surface area contributed by atoms with Crippen molar-refractivity contribution in [2.75, 3.05) is 0 Å². The molecule has 0 spiro atoms. The van der Waals surface area contributed by atoms with Crippen LogP contribution < -0.4 is 10.7 Å². The lowest BCUT2D eigenvalue weighted by atomic mass is 9.86. The van der Waals surface area contributed by atoms with Gasteiger partial charge in [0, 0.05) is 11.4 Å². The molecule has 1 saturated carbocycles. The quantitative estimate of drug-likeness (QED) is 0.511. The Balaban J connectivity index is 1.76. The van der Waals surface area contributed by atoms with Crippen LogP contribution in [0.25, 0.3) is 0 Å². The van der Waals surface area contributed by atoms with Gasteiger partial charge >= 0.3 is 0 Å². The molecule has 0 radical (unpaired) electrons. The highest BCUT2D eigenvalue weighted by Gasteiger charge is 2.21. The van der Waals surface area contributed by atoms with Gasteiger partial charge in [-0.25, -0.2) is 4.98 Å². The van der Waals surface area contributed by atoms with Crippen molar-refractivity contribution in [1.82, 2.24) is 15.7 Å². The lowest BCUT2D eigenvalue weighted by Crippen LogP contribution is -2.44. The van der Waals surface area contributed by atoms with Gasteiger partial charge in [0.25, 0.3) is 0 Å². The van der Waals surface area contributed by atoms with E-state index in [9.17, 15) is 0 Å². The lowest BCUT2D eigenvalue weighted by Gasteiger charge is -2.30. The zero-order chi connectivity index (χ0) is 13.7. The van der Waals surface area contributed by atoms with E-state index in [4.69, 9.17) is 12.2 Å². The van der Waals surface area contributed by atoms with Crippen molar-refractivity contribution in [3.8, 4) is 0 Å². The van der Waals surface area contributed by atoms with Gasteiger partial charge in [-0.05, 0) is 37.9 Å². The number of hydrazone groups is 1. The predicted octanol–water partition coefficient (Wildman–Crippen LogP) is 2.83. The fraction of sp³-hybridized carbons (Fsp3) is 0.615. The smallest absolute Gasteiger partial charge is 0.187 e. The van der Waals surface area contributed by atoms with Crippen LogP contribution in [0.5, 0.6) is 0 Å². The number of thiocarbonyl (C=S) groups is 1. The predicted molar refractivity (Wildman–Crippen MR) is 84.7 cm³/mol. The molecule has 0 aromatic carbocycles. The van der Waals surface area contributed by atoms with Gasteiger partial charge in [-0.3, -0.25) is 5.43 Å². The van der Waals surface area contributed by atoms with Crippen LogP contribution in [0.2, 0.25) is 0 Å². The van der Waals surface area contributed by atoms with Crippen LogP contribution >= 0.6 is 23.6 Å². The van der Waals surface area contributed by atoms with E-state index < -0.39 is 0 Å². The molecule has 0 amide bonds. The average Bonchev–Trinajstić information content (AvgIpc) is 2.78. The van der Waals surface area contributed by atoms with E-state index in [2.05, 4.69) is 27.8 Å². The minimum absolute atomic E-state index is 0.477. The van der Waals surface area contributed by atoms with Crippen molar-refractivity contribution < 1.29 is 0 Å². The average molecular weight is 296 g/mol. The molecule has 2 atom stereocenters. The van der Waals surface area contributed by atoms with Gasteiger partial charge in [-0.15, -0.1) is 11.3 Å². The summed E-state index contributed by atoms with van der Waals surface area (Å²) in [6.45, 7) is 4.26. The van der Waals surface area contributed by atoms with Crippen LogP contribution in [0, 0.1) is 12.8 Å². The first-order valence-electron chi connectivity index (χ1n) is 6.67. The molecule has 104 valence electrons. The van der Waals surface area contributed by atoms with Gasteiger partial charge < -0.3 is 5.32 Å². The second kappa shape index (κ2) is 6.96. The van der Waals surface area contributed by atoms with Crippen LogP contribution in [-0.4, -0.2) is 22.4 Å². The Labute approximate surface area is 123 Å². The highest BCUT2D eigenvalue weighted by atomic mass is 32.1. The monoisotopic (exact) mass is 296 g/mol. The molecule has 1 aromatic rings. The number of aromatic nitrogens is 1. The van der Waals surface area contributed by atoms with Gasteiger partial charge in [-0.1, -0.05) is 19.8 Å². The Morgan fingerprint density at radius 2 is 2.32 bits per heavy atom. The summed E-state index contributed by atoms with van der Waals surface area (Å²) >= 11 is 6.87. The molecule has 4 nitrogen and oxygen atoms in total. The largest absolute Gasteiger partial charge is 0.358 e. The Morgan fingerprint density at radius 3 is 3.00 bits per heavy atom. The number of hydrogen-bond acceptors (Lipinski definition) is 4. The summed E-state index contributed by atoms with van der Waals surface area (Å²) in [4.78, 5) is 4.30. The summed E-state index contributed by atoms with van der Waals surface area (Å²) in [7, 11) is 0. The first kappa shape index (κ1) is 14.4. The second-order valence-corrected chi connectivity index (χ2v) is 6.47. The summed E-state index contributed by atoms with van der Waals surface area (Å²) in [6, 6.07) is 0.477. The standard InChI is InChI=1S/C13H20N4S2/c1-9-5-3-4-6-12(9)16-13(18)17-14-7-11-8-19-10(2)15-11/h7-9,12H,3-6H2,1-2H3,(H2,16,17,18)/b14-7-/t9-,12+/m0/s1. The first-order chi connectivity index (χ1) is 9.15. The first-order valence-corrected chi connectivity index (χ1v) is 7.95. The van der Waals surface area contributed by atoms with Gasteiger partial charge in [0.2, 0.25) is 0 Å². The molecule has 0 unspecified atom stereocenters. The SMILES string of the molecule is Cc1nc(/C=N\NC(=S)N[C@@H]2CCCC[C@@H]2C)cs1. The topological polar surface area (TPSA) is 49.3 Å². The summed E-state index contributed by atoms with van der Waals surface area (Å²) < 4.78 is 0. The van der Waals surface area contributed by atoms with Crippen LogP contribution in [0.4, 0.5) is 0 Å². The van der Waals surface area contributed by atoms with E-state index in [-0.39, 0.29) is 0 Å².